The van der Waals surface area contributed by atoms with E-state index in [9.17, 15) is 14.7 Å². The molecule has 8 heteroatoms. The van der Waals surface area contributed by atoms with Crippen molar-refractivity contribution >= 4 is 22.8 Å². The first-order chi connectivity index (χ1) is 12.5. The van der Waals surface area contributed by atoms with E-state index in [1.165, 1.54) is 0 Å². The van der Waals surface area contributed by atoms with Gasteiger partial charge in [-0.1, -0.05) is 0 Å². The van der Waals surface area contributed by atoms with Gasteiger partial charge in [0.25, 0.3) is 0 Å². The Morgan fingerprint density at radius 2 is 1.92 bits per heavy atom. The molecule has 0 radical (unpaired) electrons. The molecule has 0 spiro atoms. The molecule has 1 atom stereocenters. The van der Waals surface area contributed by atoms with Crippen LogP contribution in [-0.2, 0) is 17.8 Å². The SMILES string of the molecule is CCn1c(=O)n(CC)c2cc(NC(=O)N3CCOCC(O)C3)c(C)cc21. The molecular weight excluding hydrogens is 336 g/mol. The number of aliphatic hydroxyl groups is 1. The second-order valence-corrected chi connectivity index (χ2v) is 6.53. The number of carbonyl (C=O) groups excluding carboxylic acids is 1. The first-order valence-electron chi connectivity index (χ1n) is 9.01. The van der Waals surface area contributed by atoms with E-state index in [1.54, 1.807) is 14.0 Å². The number of imidazole rings is 1. The Morgan fingerprint density at radius 3 is 2.58 bits per heavy atom. The van der Waals surface area contributed by atoms with Crippen LogP contribution in [0.2, 0.25) is 0 Å². The fraction of sp³-hybridized carbons (Fsp3) is 0.556. The molecule has 142 valence electrons. The molecule has 3 rings (SSSR count). The molecule has 1 aromatic heterocycles. The zero-order valence-corrected chi connectivity index (χ0v) is 15.5. The van der Waals surface area contributed by atoms with Gasteiger partial charge in [-0.15, -0.1) is 0 Å². The third-order valence-corrected chi connectivity index (χ3v) is 4.77. The van der Waals surface area contributed by atoms with Crippen molar-refractivity contribution in [2.75, 3.05) is 31.6 Å². The zero-order chi connectivity index (χ0) is 18.8. The summed E-state index contributed by atoms with van der Waals surface area (Å²) in [5.74, 6) is 0. The molecular formula is C18H26N4O4. The number of urea groups is 1. The number of hydrogen-bond donors (Lipinski definition) is 2. The third kappa shape index (κ3) is 3.34. The average molecular weight is 362 g/mol. The maximum atomic E-state index is 12.6. The molecule has 0 bridgehead atoms. The molecule has 26 heavy (non-hydrogen) atoms. The molecule has 8 nitrogen and oxygen atoms in total. The summed E-state index contributed by atoms with van der Waals surface area (Å²) in [5, 5.41) is 12.7. The maximum absolute atomic E-state index is 12.6. The van der Waals surface area contributed by atoms with E-state index in [0.29, 0.717) is 31.9 Å². The summed E-state index contributed by atoms with van der Waals surface area (Å²) in [5.41, 5.74) is 3.18. The Hall–Kier alpha value is -2.32. The largest absolute Gasteiger partial charge is 0.389 e. The zero-order valence-electron chi connectivity index (χ0n) is 15.5. The number of nitrogens with one attached hydrogen (secondary N) is 1. The van der Waals surface area contributed by atoms with E-state index in [4.69, 9.17) is 4.74 Å². The van der Waals surface area contributed by atoms with Crippen LogP contribution >= 0.6 is 0 Å². The fourth-order valence-electron chi connectivity index (χ4n) is 3.38. The van der Waals surface area contributed by atoms with Crippen molar-refractivity contribution in [2.45, 2.75) is 40.0 Å². The van der Waals surface area contributed by atoms with E-state index < -0.39 is 6.10 Å². The molecule has 1 aromatic carbocycles. The molecule has 0 saturated carbocycles. The highest BCUT2D eigenvalue weighted by molar-refractivity contribution is 5.93. The molecule has 2 amide bonds. The van der Waals surface area contributed by atoms with Crippen molar-refractivity contribution in [3.05, 3.63) is 28.2 Å². The minimum atomic E-state index is -0.685. The standard InChI is InChI=1S/C18H26N4O4/c1-4-21-15-8-12(3)14(9-16(15)22(5-2)18(21)25)19-17(24)20-6-7-26-11-13(23)10-20/h8-9,13,23H,4-7,10-11H2,1-3H3,(H,19,24). The summed E-state index contributed by atoms with van der Waals surface area (Å²) in [6.07, 6.45) is -0.685. The first kappa shape index (κ1) is 18.5. The monoisotopic (exact) mass is 362 g/mol. The molecule has 1 fully saturated rings. The summed E-state index contributed by atoms with van der Waals surface area (Å²) in [7, 11) is 0. The van der Waals surface area contributed by atoms with Crippen LogP contribution < -0.4 is 11.0 Å². The van der Waals surface area contributed by atoms with Crippen LogP contribution in [0.5, 0.6) is 0 Å². The number of anilines is 1. The van der Waals surface area contributed by atoms with Gasteiger partial charge < -0.3 is 20.1 Å². The van der Waals surface area contributed by atoms with Crippen LogP contribution in [0, 0.1) is 6.92 Å². The Morgan fingerprint density at radius 1 is 1.27 bits per heavy atom. The smallest absolute Gasteiger partial charge is 0.329 e. The normalized spacial score (nSPS) is 18.2. The molecule has 2 aromatic rings. The van der Waals surface area contributed by atoms with Crippen molar-refractivity contribution in [1.82, 2.24) is 14.0 Å². The lowest BCUT2D eigenvalue weighted by atomic mass is 10.1. The number of β-amino-alcohol motifs (C(OH)–C–C–N with tert-alkyl or cyclic N) is 1. The molecule has 1 saturated heterocycles. The number of rotatable bonds is 3. The summed E-state index contributed by atoms with van der Waals surface area (Å²) in [6, 6.07) is 3.50. The number of aromatic nitrogens is 2. The number of carbonyl (C=O) groups is 1. The number of benzene rings is 1. The highest BCUT2D eigenvalue weighted by Gasteiger charge is 2.22. The number of aliphatic hydroxyl groups excluding tert-OH is 1. The predicted molar refractivity (Wildman–Crippen MR) is 99.7 cm³/mol. The molecule has 1 aliphatic heterocycles. The van der Waals surface area contributed by atoms with Crippen LogP contribution in [0.3, 0.4) is 0 Å². The van der Waals surface area contributed by atoms with Gasteiger partial charge in [0.05, 0.1) is 36.9 Å². The van der Waals surface area contributed by atoms with Gasteiger partial charge in [0, 0.05) is 25.3 Å². The molecule has 2 heterocycles. The van der Waals surface area contributed by atoms with Crippen molar-refractivity contribution in [3.63, 3.8) is 0 Å². The summed E-state index contributed by atoms with van der Waals surface area (Å²) in [4.78, 5) is 26.7. The second-order valence-electron chi connectivity index (χ2n) is 6.53. The van der Waals surface area contributed by atoms with Crippen LogP contribution in [-0.4, -0.2) is 57.6 Å². The number of ether oxygens (including phenoxy) is 1. The minimum Gasteiger partial charge on any atom is -0.389 e. The second kappa shape index (κ2) is 7.51. The lowest BCUT2D eigenvalue weighted by molar-refractivity contribution is 0.0575. The van der Waals surface area contributed by atoms with Crippen molar-refractivity contribution < 1.29 is 14.6 Å². The highest BCUT2D eigenvalue weighted by Crippen LogP contribution is 2.24. The van der Waals surface area contributed by atoms with Gasteiger partial charge in [0.2, 0.25) is 0 Å². The van der Waals surface area contributed by atoms with Gasteiger partial charge in [0.15, 0.2) is 0 Å². The number of aryl methyl sites for hydroxylation is 3. The maximum Gasteiger partial charge on any atom is 0.329 e. The van der Waals surface area contributed by atoms with E-state index >= 15 is 0 Å². The van der Waals surface area contributed by atoms with Crippen LogP contribution in [0.1, 0.15) is 19.4 Å². The Kier molecular flexibility index (Phi) is 5.33. The van der Waals surface area contributed by atoms with E-state index in [2.05, 4.69) is 5.32 Å². The first-order valence-corrected chi connectivity index (χ1v) is 9.01. The number of fused-ring (bicyclic) bond motifs is 1. The van der Waals surface area contributed by atoms with Crippen LogP contribution in [0.15, 0.2) is 16.9 Å². The van der Waals surface area contributed by atoms with Crippen molar-refractivity contribution in [3.8, 4) is 0 Å². The molecule has 2 N–H and O–H groups in total. The Labute approximate surface area is 152 Å². The van der Waals surface area contributed by atoms with Gasteiger partial charge in [0.1, 0.15) is 0 Å². The van der Waals surface area contributed by atoms with Gasteiger partial charge >= 0.3 is 11.7 Å². The van der Waals surface area contributed by atoms with E-state index in [0.717, 1.165) is 16.6 Å². The summed E-state index contributed by atoms with van der Waals surface area (Å²) >= 11 is 0. The van der Waals surface area contributed by atoms with Gasteiger partial charge in [-0.3, -0.25) is 9.13 Å². The minimum absolute atomic E-state index is 0.0411. The quantitative estimate of drug-likeness (QED) is 0.863. The van der Waals surface area contributed by atoms with Crippen molar-refractivity contribution in [1.29, 1.82) is 0 Å². The molecule has 1 unspecified atom stereocenters. The molecule has 1 aliphatic rings. The number of hydrogen-bond acceptors (Lipinski definition) is 4. The number of nitrogens with zero attached hydrogens (tertiary/aromatic N) is 3. The predicted octanol–water partition coefficient (Wildman–Crippen LogP) is 1.38. The lowest BCUT2D eigenvalue weighted by Gasteiger charge is -2.22. The third-order valence-electron chi connectivity index (χ3n) is 4.77. The van der Waals surface area contributed by atoms with E-state index in [-0.39, 0.29) is 24.9 Å². The lowest BCUT2D eigenvalue weighted by Crippen LogP contribution is -2.40. The van der Waals surface area contributed by atoms with Crippen LogP contribution in [0.25, 0.3) is 11.0 Å². The van der Waals surface area contributed by atoms with Gasteiger partial charge in [-0.2, -0.15) is 0 Å². The topological polar surface area (TPSA) is 88.7 Å². The highest BCUT2D eigenvalue weighted by atomic mass is 16.5. The van der Waals surface area contributed by atoms with Crippen LogP contribution in [0.4, 0.5) is 10.5 Å². The average Bonchev–Trinajstić information content (AvgIpc) is 2.74. The number of amides is 2. The summed E-state index contributed by atoms with van der Waals surface area (Å²) in [6.45, 7) is 8.24. The Bertz CT molecular complexity index is 870. The fourth-order valence-corrected chi connectivity index (χ4v) is 3.38. The Balaban J connectivity index is 1.94. The van der Waals surface area contributed by atoms with Crippen molar-refractivity contribution in [2.24, 2.45) is 0 Å². The van der Waals surface area contributed by atoms with Gasteiger partial charge in [-0.05, 0) is 38.5 Å². The van der Waals surface area contributed by atoms with Gasteiger partial charge in [-0.25, -0.2) is 9.59 Å². The molecule has 0 aliphatic carbocycles. The van der Waals surface area contributed by atoms with E-state index in [1.807, 2.05) is 32.9 Å². The summed E-state index contributed by atoms with van der Waals surface area (Å²) < 4.78 is 8.71.